The zero-order valence-electron chi connectivity index (χ0n) is 15.9. The fraction of sp³-hybridized carbons (Fsp3) is 0.286. The Morgan fingerprint density at radius 2 is 1.82 bits per heavy atom. The van der Waals surface area contributed by atoms with Crippen LogP contribution >= 0.6 is 0 Å². The minimum Gasteiger partial charge on any atom is -0.345 e. The lowest BCUT2D eigenvalue weighted by atomic mass is 10.1. The molecule has 2 heterocycles. The number of rotatable bonds is 4. The van der Waals surface area contributed by atoms with Gasteiger partial charge in [-0.15, -0.1) is 0 Å². The first kappa shape index (κ1) is 18.6. The molecule has 3 aromatic rings. The second-order valence-electron chi connectivity index (χ2n) is 7.30. The topological polar surface area (TPSA) is 71.4 Å². The van der Waals surface area contributed by atoms with Gasteiger partial charge in [0.1, 0.15) is 0 Å². The van der Waals surface area contributed by atoms with Gasteiger partial charge in [0, 0.05) is 40.9 Å². The van der Waals surface area contributed by atoms with Gasteiger partial charge in [-0.1, -0.05) is 6.07 Å². The molecule has 146 valence electrons. The number of nitrogens with one attached hydrogen (secondary N) is 1. The number of benzene rings is 2. The summed E-state index contributed by atoms with van der Waals surface area (Å²) >= 11 is 0. The molecular weight excluding hydrogens is 374 g/mol. The van der Waals surface area contributed by atoms with E-state index in [1.165, 1.54) is 4.31 Å². The average molecular weight is 398 g/mol. The number of carbonyl (C=O) groups is 1. The van der Waals surface area contributed by atoms with Crippen molar-refractivity contribution in [3.8, 4) is 0 Å². The van der Waals surface area contributed by atoms with Crippen molar-refractivity contribution in [2.45, 2.75) is 26.3 Å². The quantitative estimate of drug-likeness (QED) is 0.723. The van der Waals surface area contributed by atoms with E-state index in [1.54, 1.807) is 24.3 Å². The highest BCUT2D eigenvalue weighted by atomic mass is 32.2. The number of fused-ring (bicyclic) bond motifs is 1. The third-order valence-corrected chi connectivity index (χ3v) is 6.95. The highest BCUT2D eigenvalue weighted by Crippen LogP contribution is 2.27. The number of aromatic nitrogens is 1. The molecule has 28 heavy (non-hydrogen) atoms. The van der Waals surface area contributed by atoms with Crippen molar-refractivity contribution in [1.82, 2.24) is 4.57 Å². The van der Waals surface area contributed by atoms with Gasteiger partial charge in [0.15, 0.2) is 0 Å². The lowest BCUT2D eigenvalue weighted by Crippen LogP contribution is -2.25. The highest BCUT2D eigenvalue weighted by Gasteiger charge is 2.28. The van der Waals surface area contributed by atoms with Crippen LogP contribution in [-0.2, 0) is 10.0 Å². The maximum Gasteiger partial charge on any atom is 0.256 e. The molecule has 0 radical (unpaired) electrons. The number of sulfonamides is 1. The average Bonchev–Trinajstić information content (AvgIpc) is 3.25. The van der Waals surface area contributed by atoms with Crippen molar-refractivity contribution in [2.24, 2.45) is 0 Å². The number of hydrogen-bond acceptors (Lipinski definition) is 3. The van der Waals surface area contributed by atoms with Gasteiger partial charge in [-0.3, -0.25) is 9.10 Å². The molecule has 0 bridgehead atoms. The number of hydrogen-bond donors (Lipinski definition) is 1. The van der Waals surface area contributed by atoms with Crippen LogP contribution in [0.4, 0.5) is 11.4 Å². The zero-order valence-corrected chi connectivity index (χ0v) is 16.7. The van der Waals surface area contributed by atoms with Gasteiger partial charge >= 0.3 is 0 Å². The Morgan fingerprint density at radius 1 is 1.07 bits per heavy atom. The van der Waals surface area contributed by atoms with Crippen LogP contribution in [0, 0.1) is 0 Å². The Kier molecular flexibility index (Phi) is 4.63. The Bertz CT molecular complexity index is 1130. The minimum atomic E-state index is -3.20. The van der Waals surface area contributed by atoms with Crippen LogP contribution < -0.4 is 9.62 Å². The molecule has 1 aliphatic rings. The Labute approximate surface area is 164 Å². The molecule has 2 aromatic carbocycles. The standard InChI is InChI=1S/C21H23N3O3S/c1-15(2)23-13-11-18-19(5-3-6-20(18)23)21(25)22-16-7-9-17(10-8-16)24-12-4-14-28(24,26)27/h3,5-11,13,15H,4,12,14H2,1-2H3,(H,22,25). The van der Waals surface area contributed by atoms with Crippen LogP contribution in [0.15, 0.2) is 54.7 Å². The summed E-state index contributed by atoms with van der Waals surface area (Å²) in [4.78, 5) is 12.8. The number of amides is 1. The molecule has 1 N–H and O–H groups in total. The lowest BCUT2D eigenvalue weighted by molar-refractivity contribution is 0.102. The number of carbonyl (C=O) groups excluding carboxylic acids is 1. The molecule has 1 amide bonds. The normalized spacial score (nSPS) is 16.0. The van der Waals surface area contributed by atoms with Crippen LogP contribution in [0.1, 0.15) is 36.7 Å². The predicted octanol–water partition coefficient (Wildman–Crippen LogP) is 4.01. The van der Waals surface area contributed by atoms with E-state index < -0.39 is 10.0 Å². The van der Waals surface area contributed by atoms with Crippen molar-refractivity contribution < 1.29 is 13.2 Å². The Hall–Kier alpha value is -2.80. The summed E-state index contributed by atoms with van der Waals surface area (Å²) in [6.45, 7) is 4.71. The first-order valence-electron chi connectivity index (χ1n) is 9.38. The third kappa shape index (κ3) is 3.26. The molecule has 0 aliphatic carbocycles. The molecular formula is C21H23N3O3S. The molecule has 7 heteroatoms. The summed E-state index contributed by atoms with van der Waals surface area (Å²) in [5.41, 5.74) is 2.90. The van der Waals surface area contributed by atoms with Gasteiger partial charge in [-0.2, -0.15) is 0 Å². The lowest BCUT2D eigenvalue weighted by Gasteiger charge is -2.17. The number of anilines is 2. The van der Waals surface area contributed by atoms with E-state index in [1.807, 2.05) is 30.5 Å². The zero-order chi connectivity index (χ0) is 19.9. The predicted molar refractivity (Wildman–Crippen MR) is 112 cm³/mol. The molecule has 1 saturated heterocycles. The van der Waals surface area contributed by atoms with Gasteiger partial charge in [-0.25, -0.2) is 8.42 Å². The van der Waals surface area contributed by atoms with Crippen LogP contribution in [-0.4, -0.2) is 31.2 Å². The highest BCUT2D eigenvalue weighted by molar-refractivity contribution is 7.93. The van der Waals surface area contributed by atoms with Crippen LogP contribution in [0.2, 0.25) is 0 Å². The molecule has 0 saturated carbocycles. The fourth-order valence-corrected chi connectivity index (χ4v) is 5.24. The Morgan fingerprint density at radius 3 is 2.46 bits per heavy atom. The molecule has 1 aromatic heterocycles. The summed E-state index contributed by atoms with van der Waals surface area (Å²) in [6.07, 6.45) is 2.64. The second-order valence-corrected chi connectivity index (χ2v) is 9.31. The van der Waals surface area contributed by atoms with Gasteiger partial charge in [-0.05, 0) is 62.7 Å². The SMILES string of the molecule is CC(C)n1ccc2c(C(=O)Nc3ccc(N4CCCS4(=O)=O)cc3)cccc21. The van der Waals surface area contributed by atoms with Crippen molar-refractivity contribution in [2.75, 3.05) is 21.9 Å². The van der Waals surface area contributed by atoms with Gasteiger partial charge in [0.2, 0.25) is 10.0 Å². The largest absolute Gasteiger partial charge is 0.345 e. The van der Waals surface area contributed by atoms with Crippen LogP contribution in [0.25, 0.3) is 10.9 Å². The van der Waals surface area contributed by atoms with Gasteiger partial charge < -0.3 is 9.88 Å². The monoisotopic (exact) mass is 397 g/mol. The van der Waals surface area contributed by atoms with E-state index in [0.717, 1.165) is 10.9 Å². The van der Waals surface area contributed by atoms with E-state index in [2.05, 4.69) is 23.7 Å². The van der Waals surface area contributed by atoms with E-state index in [9.17, 15) is 13.2 Å². The molecule has 0 atom stereocenters. The van der Waals surface area contributed by atoms with Crippen molar-refractivity contribution >= 4 is 38.2 Å². The maximum atomic E-state index is 12.8. The molecule has 4 rings (SSSR count). The van der Waals surface area contributed by atoms with Crippen molar-refractivity contribution in [1.29, 1.82) is 0 Å². The van der Waals surface area contributed by atoms with E-state index in [0.29, 0.717) is 35.9 Å². The number of nitrogens with zero attached hydrogens (tertiary/aromatic N) is 2. The third-order valence-electron chi connectivity index (χ3n) is 5.08. The first-order valence-corrected chi connectivity index (χ1v) is 11.0. The summed E-state index contributed by atoms with van der Waals surface area (Å²) in [5.74, 6) is -0.000406. The van der Waals surface area contributed by atoms with Crippen molar-refractivity contribution in [3.05, 3.63) is 60.3 Å². The van der Waals surface area contributed by atoms with E-state index >= 15 is 0 Å². The second kappa shape index (κ2) is 6.98. The van der Waals surface area contributed by atoms with E-state index in [4.69, 9.17) is 0 Å². The molecule has 0 spiro atoms. The summed E-state index contributed by atoms with van der Waals surface area (Å²) in [6, 6.07) is 14.9. The minimum absolute atomic E-state index is 0.186. The molecule has 0 unspecified atom stereocenters. The van der Waals surface area contributed by atoms with E-state index in [-0.39, 0.29) is 11.7 Å². The van der Waals surface area contributed by atoms with Gasteiger partial charge in [0.05, 0.1) is 11.4 Å². The van der Waals surface area contributed by atoms with Gasteiger partial charge in [0.25, 0.3) is 5.91 Å². The van der Waals surface area contributed by atoms with Crippen LogP contribution in [0.5, 0.6) is 0 Å². The molecule has 1 aliphatic heterocycles. The molecule has 1 fully saturated rings. The molecule has 6 nitrogen and oxygen atoms in total. The van der Waals surface area contributed by atoms with Crippen LogP contribution in [0.3, 0.4) is 0 Å². The maximum absolute atomic E-state index is 12.8. The fourth-order valence-electron chi connectivity index (χ4n) is 3.68. The first-order chi connectivity index (χ1) is 13.4. The summed E-state index contributed by atoms with van der Waals surface area (Å²) < 4.78 is 27.6. The summed E-state index contributed by atoms with van der Waals surface area (Å²) in [5, 5.41) is 3.82. The van der Waals surface area contributed by atoms with Crippen molar-refractivity contribution in [3.63, 3.8) is 0 Å². The summed E-state index contributed by atoms with van der Waals surface area (Å²) in [7, 11) is -3.20. The smallest absolute Gasteiger partial charge is 0.256 e. The Balaban J connectivity index is 1.57.